The predicted molar refractivity (Wildman–Crippen MR) is 151 cm³/mol. The third kappa shape index (κ3) is 3.40. The molecule has 4 aliphatic rings. The van der Waals surface area contributed by atoms with Gasteiger partial charge in [0.2, 0.25) is 0 Å². The lowest BCUT2D eigenvalue weighted by Gasteiger charge is -2.58. The van der Waals surface area contributed by atoms with Crippen LogP contribution >= 0.6 is 0 Å². The van der Waals surface area contributed by atoms with E-state index in [0.29, 0.717) is 42.1 Å². The quantitative estimate of drug-likeness (QED) is 0.296. The van der Waals surface area contributed by atoms with Gasteiger partial charge in [0.05, 0.1) is 49.6 Å². The van der Waals surface area contributed by atoms with Crippen LogP contribution in [0.15, 0.2) is 42.5 Å². The van der Waals surface area contributed by atoms with Crippen molar-refractivity contribution < 1.29 is 14.3 Å². The zero-order valence-corrected chi connectivity index (χ0v) is 22.9. The summed E-state index contributed by atoms with van der Waals surface area (Å²) in [5, 5.41) is 10.1. The van der Waals surface area contributed by atoms with E-state index >= 15 is 0 Å². The predicted octanol–water partition coefficient (Wildman–Crippen LogP) is 5.00. The summed E-state index contributed by atoms with van der Waals surface area (Å²) in [5.41, 5.74) is 4.58. The number of para-hydroxylation sites is 1. The number of rotatable bonds is 8. The van der Waals surface area contributed by atoms with E-state index in [1.54, 1.807) is 7.11 Å². The van der Waals surface area contributed by atoms with Crippen LogP contribution in [0.2, 0.25) is 0 Å². The lowest BCUT2D eigenvalue weighted by molar-refractivity contribution is -0.172. The Kier molecular flexibility index (Phi) is 5.30. The molecule has 0 spiro atoms. The minimum absolute atomic E-state index is 0.0157. The van der Waals surface area contributed by atoms with Gasteiger partial charge in [0.1, 0.15) is 11.3 Å². The number of carbonyl (C=O) groups is 1. The van der Waals surface area contributed by atoms with Gasteiger partial charge >= 0.3 is 0 Å². The second-order valence-electron chi connectivity index (χ2n) is 12.1. The van der Waals surface area contributed by atoms with Crippen molar-refractivity contribution in [2.75, 3.05) is 20.3 Å². The standard InChI is InChI=1S/C32H33N5O3/c1-35-28-23(34-31(35)25-14-19-6-3-4-7-24(19)36(25)16-18-8-9-18)13-20(15-26(28)39-2)32(38)37-17-21-12-22-27(21)29(37)30(22)40-11-5-10-33/h3-4,6-7,13-15,18,21-22,27,29-30H,5,8-9,11-12,16-17H2,1-2H3/t21-,22?,27+,29+,30+/m1/s1. The van der Waals surface area contributed by atoms with Gasteiger partial charge < -0.3 is 23.5 Å². The number of fused-ring (bicyclic) bond motifs is 2. The molecular weight excluding hydrogens is 502 g/mol. The molecule has 3 aliphatic carbocycles. The molecule has 1 unspecified atom stereocenters. The molecule has 1 aliphatic heterocycles. The highest BCUT2D eigenvalue weighted by molar-refractivity contribution is 6.00. The summed E-state index contributed by atoms with van der Waals surface area (Å²) < 4.78 is 16.5. The van der Waals surface area contributed by atoms with Crippen molar-refractivity contribution in [2.24, 2.45) is 30.7 Å². The molecule has 8 nitrogen and oxygen atoms in total. The van der Waals surface area contributed by atoms with Crippen molar-refractivity contribution in [2.45, 2.75) is 44.4 Å². The Labute approximate surface area is 233 Å². The molecule has 8 rings (SSSR count). The molecule has 1 saturated heterocycles. The number of hydrogen-bond acceptors (Lipinski definition) is 5. The van der Waals surface area contributed by atoms with Gasteiger partial charge in [-0.1, -0.05) is 18.2 Å². The maximum Gasteiger partial charge on any atom is 0.254 e. The van der Waals surface area contributed by atoms with E-state index < -0.39 is 0 Å². The fraction of sp³-hybridized carbons (Fsp3) is 0.469. The first kappa shape index (κ1) is 24.0. The summed E-state index contributed by atoms with van der Waals surface area (Å²) in [7, 11) is 3.69. The van der Waals surface area contributed by atoms with E-state index in [4.69, 9.17) is 19.7 Å². The number of aryl methyl sites for hydroxylation is 1. The Bertz CT molecular complexity index is 1710. The van der Waals surface area contributed by atoms with E-state index in [2.05, 4.69) is 45.5 Å². The van der Waals surface area contributed by atoms with E-state index in [1.807, 2.05) is 24.1 Å². The van der Waals surface area contributed by atoms with Crippen molar-refractivity contribution >= 4 is 27.8 Å². The first-order valence-electron chi connectivity index (χ1n) is 14.5. The number of nitrogens with zero attached hydrogens (tertiary/aromatic N) is 5. The van der Waals surface area contributed by atoms with Crippen LogP contribution in [0.1, 0.15) is 36.0 Å². The van der Waals surface area contributed by atoms with Gasteiger partial charge in [-0.15, -0.1) is 0 Å². The molecule has 0 N–H and O–H groups in total. The highest BCUT2D eigenvalue weighted by Crippen LogP contribution is 2.62. The van der Waals surface area contributed by atoms with Crippen molar-refractivity contribution in [3.63, 3.8) is 0 Å². The third-order valence-electron chi connectivity index (χ3n) is 9.92. The molecule has 2 aromatic carbocycles. The molecule has 1 amide bonds. The SMILES string of the molecule is COc1cc(C(=O)N2C[C@H]3CC4[C@H]3[C@H]2[C@H]4OCCC#N)cc2nc(-c3cc4ccccc4n3CC3CC3)n(C)c12. The number of carbonyl (C=O) groups excluding carboxylic acids is 1. The van der Waals surface area contributed by atoms with Gasteiger partial charge in [-0.05, 0) is 67.2 Å². The van der Waals surface area contributed by atoms with Crippen LogP contribution in [0.5, 0.6) is 5.75 Å². The first-order chi connectivity index (χ1) is 19.6. The average molecular weight is 536 g/mol. The highest BCUT2D eigenvalue weighted by atomic mass is 16.5. The summed E-state index contributed by atoms with van der Waals surface area (Å²) in [6.07, 6.45) is 4.09. The number of aromatic nitrogens is 3. The number of imidazole rings is 1. The van der Waals surface area contributed by atoms with E-state index in [-0.39, 0.29) is 18.1 Å². The second kappa shape index (κ2) is 8.84. The van der Waals surface area contributed by atoms with Gasteiger partial charge in [0.15, 0.2) is 5.82 Å². The topological polar surface area (TPSA) is 85.3 Å². The Morgan fingerprint density at radius 1 is 1.20 bits per heavy atom. The van der Waals surface area contributed by atoms with Crippen LogP contribution in [0, 0.1) is 35.0 Å². The molecule has 8 heteroatoms. The number of likely N-dealkylation sites (tertiary alicyclic amines) is 1. The Balaban J connectivity index is 1.17. The zero-order chi connectivity index (χ0) is 27.1. The van der Waals surface area contributed by atoms with Crippen LogP contribution in [0.25, 0.3) is 33.5 Å². The number of nitriles is 1. The maximum absolute atomic E-state index is 14.0. The second-order valence-corrected chi connectivity index (χ2v) is 12.1. The minimum atomic E-state index is 0.0157. The Morgan fingerprint density at radius 3 is 2.85 bits per heavy atom. The fourth-order valence-electron chi connectivity index (χ4n) is 7.80. The third-order valence-corrected chi connectivity index (χ3v) is 9.92. The Hall–Kier alpha value is -3.83. The summed E-state index contributed by atoms with van der Waals surface area (Å²) in [6.45, 7) is 2.20. The van der Waals surface area contributed by atoms with Gasteiger partial charge in [-0.2, -0.15) is 5.26 Å². The van der Waals surface area contributed by atoms with Gasteiger partial charge in [0, 0.05) is 36.6 Å². The van der Waals surface area contributed by atoms with Crippen LogP contribution in [-0.2, 0) is 18.3 Å². The van der Waals surface area contributed by atoms with Crippen LogP contribution in [0.3, 0.4) is 0 Å². The normalized spacial score (nSPS) is 26.4. The van der Waals surface area contributed by atoms with Crippen molar-refractivity contribution in [1.29, 1.82) is 5.26 Å². The van der Waals surface area contributed by atoms with Gasteiger partial charge in [0.25, 0.3) is 5.91 Å². The van der Waals surface area contributed by atoms with Crippen molar-refractivity contribution in [3.05, 3.63) is 48.0 Å². The molecule has 40 heavy (non-hydrogen) atoms. The summed E-state index contributed by atoms with van der Waals surface area (Å²) in [5.74, 6) is 3.90. The molecular formula is C32H33N5O3. The lowest BCUT2D eigenvalue weighted by Crippen LogP contribution is -2.65. The van der Waals surface area contributed by atoms with Crippen molar-refractivity contribution in [3.8, 4) is 23.3 Å². The molecule has 5 atom stereocenters. The highest BCUT2D eigenvalue weighted by Gasteiger charge is 2.68. The number of ether oxygens (including phenoxy) is 2. The molecule has 204 valence electrons. The minimum Gasteiger partial charge on any atom is -0.494 e. The van der Waals surface area contributed by atoms with Gasteiger partial charge in [-0.3, -0.25) is 4.79 Å². The smallest absolute Gasteiger partial charge is 0.254 e. The fourth-order valence-corrected chi connectivity index (χ4v) is 7.80. The lowest BCUT2D eigenvalue weighted by atomic mass is 9.51. The average Bonchev–Trinajstić information content (AvgIpc) is 3.60. The van der Waals surface area contributed by atoms with Crippen LogP contribution in [0.4, 0.5) is 0 Å². The molecule has 3 heterocycles. The Morgan fingerprint density at radius 2 is 2.05 bits per heavy atom. The molecule has 4 aromatic rings. The maximum atomic E-state index is 14.0. The molecule has 2 aromatic heterocycles. The summed E-state index contributed by atoms with van der Waals surface area (Å²) in [4.78, 5) is 21.1. The van der Waals surface area contributed by atoms with Crippen molar-refractivity contribution in [1.82, 2.24) is 19.0 Å². The van der Waals surface area contributed by atoms with E-state index in [0.717, 1.165) is 48.0 Å². The number of amides is 1. The van der Waals surface area contributed by atoms with Gasteiger partial charge in [-0.25, -0.2) is 4.98 Å². The van der Waals surface area contributed by atoms with E-state index in [1.165, 1.54) is 23.7 Å². The first-order valence-corrected chi connectivity index (χ1v) is 14.5. The number of methoxy groups -OCH3 is 1. The number of benzene rings is 2. The summed E-state index contributed by atoms with van der Waals surface area (Å²) >= 11 is 0. The molecule has 3 saturated carbocycles. The number of hydrogen-bond donors (Lipinski definition) is 0. The van der Waals surface area contributed by atoms with Crippen LogP contribution < -0.4 is 4.74 Å². The molecule has 0 bridgehead atoms. The molecule has 4 fully saturated rings. The molecule has 0 radical (unpaired) electrons. The zero-order valence-electron chi connectivity index (χ0n) is 22.9. The summed E-state index contributed by atoms with van der Waals surface area (Å²) in [6, 6.07) is 16.8. The largest absolute Gasteiger partial charge is 0.494 e. The monoisotopic (exact) mass is 535 g/mol. The van der Waals surface area contributed by atoms with Crippen LogP contribution in [-0.4, -0.2) is 57.3 Å². The van der Waals surface area contributed by atoms with E-state index in [9.17, 15) is 4.79 Å².